The topological polar surface area (TPSA) is 33.1 Å². The zero-order valence-corrected chi connectivity index (χ0v) is 16.3. The predicted octanol–water partition coefficient (Wildman–Crippen LogP) is 3.78. The minimum absolute atomic E-state index is 0.507. The van der Waals surface area contributed by atoms with Gasteiger partial charge in [0.05, 0.1) is 12.2 Å². The summed E-state index contributed by atoms with van der Waals surface area (Å²) >= 11 is 0. The molecule has 2 aromatic carbocycles. The molecule has 4 heteroatoms. The number of nitrogens with one attached hydrogen (secondary N) is 1. The van der Waals surface area contributed by atoms with Crippen LogP contribution in [-0.2, 0) is 13.1 Å². The molecular formula is C24H28N4. The Labute approximate surface area is 167 Å². The van der Waals surface area contributed by atoms with Gasteiger partial charge in [-0.15, -0.1) is 0 Å². The Hall–Kier alpha value is -2.43. The quantitative estimate of drug-likeness (QED) is 0.740. The van der Waals surface area contributed by atoms with Gasteiger partial charge in [0.2, 0.25) is 0 Å². The van der Waals surface area contributed by atoms with Crippen LogP contribution in [0.5, 0.6) is 0 Å². The van der Waals surface area contributed by atoms with Gasteiger partial charge in [0.25, 0.3) is 0 Å². The van der Waals surface area contributed by atoms with Crippen LogP contribution in [0.3, 0.4) is 0 Å². The molecule has 2 aliphatic heterocycles. The summed E-state index contributed by atoms with van der Waals surface area (Å²) < 4.78 is 2.11. The number of hydrogen-bond acceptors (Lipinski definition) is 3. The standard InChI is InChI=1S/C24H28N4/c1-3-7-20(8-4-1)15-28-17-22(23(26-28)21-9-5-2-6-10-21)16-27-14-12-24(19-27)11-13-25-18-24/h1-10,17,25H,11-16,18-19H2. The van der Waals surface area contributed by atoms with Gasteiger partial charge in [0, 0.05) is 37.0 Å². The van der Waals surface area contributed by atoms with Crippen molar-refractivity contribution in [2.45, 2.75) is 25.9 Å². The number of rotatable bonds is 5. The molecule has 3 heterocycles. The van der Waals surface area contributed by atoms with Crippen LogP contribution in [0.15, 0.2) is 66.9 Å². The summed E-state index contributed by atoms with van der Waals surface area (Å²) in [5, 5.41) is 8.55. The maximum atomic E-state index is 4.98. The molecule has 28 heavy (non-hydrogen) atoms. The molecule has 0 radical (unpaired) electrons. The summed E-state index contributed by atoms with van der Waals surface area (Å²) in [5.41, 5.74) is 5.47. The maximum Gasteiger partial charge on any atom is 0.0968 e. The van der Waals surface area contributed by atoms with Crippen molar-refractivity contribution in [1.82, 2.24) is 20.0 Å². The van der Waals surface area contributed by atoms with Crippen LogP contribution >= 0.6 is 0 Å². The lowest BCUT2D eigenvalue weighted by Gasteiger charge is -2.22. The highest BCUT2D eigenvalue weighted by atomic mass is 15.3. The largest absolute Gasteiger partial charge is 0.316 e. The van der Waals surface area contributed by atoms with Gasteiger partial charge < -0.3 is 5.32 Å². The lowest BCUT2D eigenvalue weighted by atomic mass is 9.86. The van der Waals surface area contributed by atoms with Crippen molar-refractivity contribution < 1.29 is 0 Å². The van der Waals surface area contributed by atoms with E-state index in [-0.39, 0.29) is 0 Å². The van der Waals surface area contributed by atoms with Crippen LogP contribution in [0.1, 0.15) is 24.0 Å². The highest BCUT2D eigenvalue weighted by Crippen LogP contribution is 2.37. The van der Waals surface area contributed by atoms with E-state index in [1.165, 1.54) is 55.7 Å². The Morgan fingerprint density at radius 3 is 2.46 bits per heavy atom. The summed E-state index contributed by atoms with van der Waals surface area (Å²) in [7, 11) is 0. The smallest absolute Gasteiger partial charge is 0.0968 e. The van der Waals surface area contributed by atoms with E-state index in [0.29, 0.717) is 5.41 Å². The van der Waals surface area contributed by atoms with Gasteiger partial charge in [-0.25, -0.2) is 0 Å². The molecule has 1 aromatic heterocycles. The Bertz CT molecular complexity index is 910. The fourth-order valence-electron chi connectivity index (χ4n) is 4.82. The summed E-state index contributed by atoms with van der Waals surface area (Å²) in [4.78, 5) is 2.63. The van der Waals surface area contributed by atoms with E-state index in [4.69, 9.17) is 5.10 Å². The number of likely N-dealkylation sites (tertiary alicyclic amines) is 1. The van der Waals surface area contributed by atoms with Crippen LogP contribution in [0.4, 0.5) is 0 Å². The predicted molar refractivity (Wildman–Crippen MR) is 113 cm³/mol. The van der Waals surface area contributed by atoms with Crippen molar-refractivity contribution in [1.29, 1.82) is 0 Å². The van der Waals surface area contributed by atoms with Crippen molar-refractivity contribution in [3.63, 3.8) is 0 Å². The third kappa shape index (κ3) is 3.62. The fraction of sp³-hybridized carbons (Fsp3) is 0.375. The fourth-order valence-corrected chi connectivity index (χ4v) is 4.82. The van der Waals surface area contributed by atoms with Crippen LogP contribution in [-0.4, -0.2) is 40.9 Å². The van der Waals surface area contributed by atoms with E-state index in [1.807, 2.05) is 0 Å². The first-order chi connectivity index (χ1) is 13.8. The van der Waals surface area contributed by atoms with Gasteiger partial charge >= 0.3 is 0 Å². The summed E-state index contributed by atoms with van der Waals surface area (Å²) in [5.74, 6) is 0. The minimum Gasteiger partial charge on any atom is -0.316 e. The molecule has 0 aliphatic carbocycles. The molecule has 0 amide bonds. The first-order valence-corrected chi connectivity index (χ1v) is 10.4. The van der Waals surface area contributed by atoms with Gasteiger partial charge in [0.1, 0.15) is 0 Å². The molecule has 0 bridgehead atoms. The third-order valence-corrected chi connectivity index (χ3v) is 6.32. The Morgan fingerprint density at radius 2 is 1.71 bits per heavy atom. The van der Waals surface area contributed by atoms with Crippen molar-refractivity contribution in [3.8, 4) is 11.3 Å². The normalized spacial score (nSPS) is 22.3. The molecule has 2 aliphatic rings. The first kappa shape index (κ1) is 17.7. The van der Waals surface area contributed by atoms with E-state index in [2.05, 4.69) is 81.8 Å². The Morgan fingerprint density at radius 1 is 0.929 bits per heavy atom. The van der Waals surface area contributed by atoms with Crippen LogP contribution in [0.25, 0.3) is 11.3 Å². The average Bonchev–Trinajstić information content (AvgIpc) is 3.46. The molecule has 3 aromatic rings. The van der Waals surface area contributed by atoms with Crippen molar-refractivity contribution >= 4 is 0 Å². The molecule has 1 unspecified atom stereocenters. The molecule has 144 valence electrons. The second kappa shape index (κ2) is 7.53. The lowest BCUT2D eigenvalue weighted by Crippen LogP contribution is -2.29. The molecule has 2 saturated heterocycles. The summed E-state index contributed by atoms with van der Waals surface area (Å²) in [6, 6.07) is 21.2. The second-order valence-corrected chi connectivity index (χ2v) is 8.44. The summed E-state index contributed by atoms with van der Waals surface area (Å²) in [6.07, 6.45) is 4.90. The number of nitrogens with zero attached hydrogens (tertiary/aromatic N) is 3. The monoisotopic (exact) mass is 372 g/mol. The molecule has 1 atom stereocenters. The molecule has 1 spiro atoms. The third-order valence-electron chi connectivity index (χ3n) is 6.32. The van der Waals surface area contributed by atoms with Gasteiger partial charge in [-0.3, -0.25) is 9.58 Å². The molecule has 1 N–H and O–H groups in total. The van der Waals surface area contributed by atoms with Crippen LogP contribution in [0, 0.1) is 5.41 Å². The zero-order chi connectivity index (χ0) is 18.8. The first-order valence-electron chi connectivity index (χ1n) is 10.4. The number of benzene rings is 2. The minimum atomic E-state index is 0.507. The van der Waals surface area contributed by atoms with E-state index < -0.39 is 0 Å². The average molecular weight is 373 g/mol. The van der Waals surface area contributed by atoms with E-state index in [0.717, 1.165) is 18.8 Å². The molecule has 2 fully saturated rings. The van der Waals surface area contributed by atoms with Crippen LogP contribution < -0.4 is 5.32 Å². The van der Waals surface area contributed by atoms with E-state index in [9.17, 15) is 0 Å². The second-order valence-electron chi connectivity index (χ2n) is 8.44. The van der Waals surface area contributed by atoms with Gasteiger partial charge in [0.15, 0.2) is 0 Å². The van der Waals surface area contributed by atoms with Crippen molar-refractivity contribution in [3.05, 3.63) is 78.0 Å². The van der Waals surface area contributed by atoms with E-state index in [1.54, 1.807) is 0 Å². The van der Waals surface area contributed by atoms with Crippen LogP contribution in [0.2, 0.25) is 0 Å². The van der Waals surface area contributed by atoms with Crippen molar-refractivity contribution in [2.24, 2.45) is 5.41 Å². The molecule has 5 rings (SSSR count). The lowest BCUT2D eigenvalue weighted by molar-refractivity contribution is 0.269. The van der Waals surface area contributed by atoms with Crippen molar-refractivity contribution in [2.75, 3.05) is 26.2 Å². The van der Waals surface area contributed by atoms with Gasteiger partial charge in [-0.2, -0.15) is 5.10 Å². The van der Waals surface area contributed by atoms with Gasteiger partial charge in [-0.1, -0.05) is 60.7 Å². The van der Waals surface area contributed by atoms with Gasteiger partial charge in [-0.05, 0) is 36.9 Å². The van der Waals surface area contributed by atoms with E-state index >= 15 is 0 Å². The SMILES string of the molecule is c1ccc(Cn2cc(CN3CCC4(CCNC4)C3)c(-c3ccccc3)n2)cc1. The maximum absolute atomic E-state index is 4.98. The summed E-state index contributed by atoms with van der Waals surface area (Å²) in [6.45, 7) is 6.56. The Balaban J connectivity index is 1.40. The number of aromatic nitrogens is 2. The highest BCUT2D eigenvalue weighted by Gasteiger charge is 2.40. The number of hydrogen-bond donors (Lipinski definition) is 1. The Kier molecular flexibility index (Phi) is 4.75. The molecular weight excluding hydrogens is 344 g/mol. The highest BCUT2D eigenvalue weighted by molar-refractivity contribution is 5.62. The molecule has 0 saturated carbocycles. The molecule has 4 nitrogen and oxygen atoms in total. The zero-order valence-electron chi connectivity index (χ0n) is 16.3.